The van der Waals surface area contributed by atoms with Crippen molar-refractivity contribution < 1.29 is 14.7 Å². The van der Waals surface area contributed by atoms with E-state index in [-0.39, 0.29) is 18.7 Å². The van der Waals surface area contributed by atoms with Crippen LogP contribution in [0.1, 0.15) is 23.7 Å². The van der Waals surface area contributed by atoms with Gasteiger partial charge in [0.05, 0.1) is 24.1 Å². The maximum Gasteiger partial charge on any atom is 0.295 e. The summed E-state index contributed by atoms with van der Waals surface area (Å²) in [5, 5.41) is 13.1. The van der Waals surface area contributed by atoms with Gasteiger partial charge in [-0.1, -0.05) is 25.1 Å². The van der Waals surface area contributed by atoms with Crippen LogP contribution in [0.15, 0.2) is 42.7 Å². The van der Waals surface area contributed by atoms with Gasteiger partial charge < -0.3 is 10.0 Å². The lowest BCUT2D eigenvalue weighted by Gasteiger charge is -2.19. The largest absolute Gasteiger partial charge is 0.395 e. The molecule has 1 aromatic heterocycles. The highest BCUT2D eigenvalue weighted by Gasteiger charge is 2.23. The van der Waals surface area contributed by atoms with E-state index in [2.05, 4.69) is 5.10 Å². The van der Waals surface area contributed by atoms with Gasteiger partial charge in [0.1, 0.15) is 0 Å². The number of ketones is 1. The van der Waals surface area contributed by atoms with Gasteiger partial charge in [-0.3, -0.25) is 9.59 Å². The lowest BCUT2D eigenvalue weighted by molar-refractivity contribution is -0.127. The molecular weight excluding hydrogens is 282 g/mol. The van der Waals surface area contributed by atoms with Gasteiger partial charge in [-0.25, -0.2) is 4.68 Å². The molecule has 116 valence electrons. The van der Waals surface area contributed by atoms with Crippen molar-refractivity contribution in [3.05, 3.63) is 48.3 Å². The van der Waals surface area contributed by atoms with E-state index < -0.39 is 11.7 Å². The van der Waals surface area contributed by atoms with Crippen LogP contribution in [0.25, 0.3) is 5.69 Å². The summed E-state index contributed by atoms with van der Waals surface area (Å²) in [5.41, 5.74) is 1.06. The molecule has 2 aromatic rings. The zero-order valence-corrected chi connectivity index (χ0v) is 12.5. The van der Waals surface area contributed by atoms with Gasteiger partial charge in [0.15, 0.2) is 0 Å². The first-order valence-corrected chi connectivity index (χ1v) is 7.22. The summed E-state index contributed by atoms with van der Waals surface area (Å²) in [4.78, 5) is 25.8. The molecule has 0 atom stereocenters. The maximum atomic E-state index is 12.3. The molecule has 0 radical (unpaired) electrons. The van der Waals surface area contributed by atoms with Crippen LogP contribution in [0.4, 0.5) is 0 Å². The zero-order valence-electron chi connectivity index (χ0n) is 12.5. The Morgan fingerprint density at radius 1 is 1.23 bits per heavy atom. The smallest absolute Gasteiger partial charge is 0.295 e. The van der Waals surface area contributed by atoms with Gasteiger partial charge in [-0.05, 0) is 18.6 Å². The van der Waals surface area contributed by atoms with E-state index in [1.165, 1.54) is 11.1 Å². The van der Waals surface area contributed by atoms with Crippen LogP contribution in [0, 0.1) is 0 Å². The summed E-state index contributed by atoms with van der Waals surface area (Å²) in [7, 11) is 0. The second-order valence-electron chi connectivity index (χ2n) is 4.85. The van der Waals surface area contributed by atoms with Gasteiger partial charge in [-0.2, -0.15) is 5.10 Å². The molecular formula is C16H19N3O3. The van der Waals surface area contributed by atoms with Crippen LogP contribution < -0.4 is 0 Å². The third kappa shape index (κ3) is 3.59. The number of hydrogen-bond donors (Lipinski definition) is 1. The number of carbonyl (C=O) groups excluding carboxylic acids is 2. The quantitative estimate of drug-likeness (QED) is 0.617. The Bertz CT molecular complexity index is 631. The van der Waals surface area contributed by atoms with Gasteiger partial charge in [0, 0.05) is 19.3 Å². The summed E-state index contributed by atoms with van der Waals surface area (Å²) < 4.78 is 1.55. The summed E-state index contributed by atoms with van der Waals surface area (Å²) in [6.07, 6.45) is 3.65. The second kappa shape index (κ2) is 7.51. The number of aliphatic hydroxyl groups excluding tert-OH is 1. The normalized spacial score (nSPS) is 10.5. The van der Waals surface area contributed by atoms with Crippen LogP contribution in [-0.4, -0.2) is 51.2 Å². The lowest BCUT2D eigenvalue weighted by Crippen LogP contribution is -2.39. The van der Waals surface area contributed by atoms with E-state index in [0.717, 1.165) is 12.1 Å². The fourth-order valence-corrected chi connectivity index (χ4v) is 2.13. The van der Waals surface area contributed by atoms with Crippen molar-refractivity contribution in [3.8, 4) is 5.69 Å². The minimum Gasteiger partial charge on any atom is -0.395 e. The molecule has 0 saturated carbocycles. The van der Waals surface area contributed by atoms with E-state index >= 15 is 0 Å². The summed E-state index contributed by atoms with van der Waals surface area (Å²) in [6, 6.07) is 9.35. The number of para-hydroxylation sites is 1. The Kier molecular flexibility index (Phi) is 5.43. The Hall–Kier alpha value is -2.47. The molecule has 0 bridgehead atoms. The fourth-order valence-electron chi connectivity index (χ4n) is 2.13. The monoisotopic (exact) mass is 301 g/mol. The van der Waals surface area contributed by atoms with Gasteiger partial charge in [-0.15, -0.1) is 0 Å². The predicted octanol–water partition coefficient (Wildman–Crippen LogP) is 1.29. The maximum absolute atomic E-state index is 12.3. The van der Waals surface area contributed by atoms with E-state index in [9.17, 15) is 9.59 Å². The number of rotatable bonds is 7. The Labute approximate surface area is 129 Å². The zero-order chi connectivity index (χ0) is 15.9. The molecule has 22 heavy (non-hydrogen) atoms. The van der Waals surface area contributed by atoms with Gasteiger partial charge in [0.2, 0.25) is 0 Å². The van der Waals surface area contributed by atoms with Crippen LogP contribution >= 0.6 is 0 Å². The van der Waals surface area contributed by atoms with Crippen molar-refractivity contribution in [1.29, 1.82) is 0 Å². The number of aliphatic hydroxyl groups is 1. The van der Waals surface area contributed by atoms with Crippen LogP contribution in [0.5, 0.6) is 0 Å². The van der Waals surface area contributed by atoms with Crippen LogP contribution in [0.2, 0.25) is 0 Å². The molecule has 6 nitrogen and oxygen atoms in total. The molecule has 1 aromatic carbocycles. The lowest BCUT2D eigenvalue weighted by atomic mass is 10.2. The highest BCUT2D eigenvalue weighted by Crippen LogP contribution is 2.09. The summed E-state index contributed by atoms with van der Waals surface area (Å²) in [5.74, 6) is -1.22. The van der Waals surface area contributed by atoms with Crippen molar-refractivity contribution in [2.45, 2.75) is 13.3 Å². The summed E-state index contributed by atoms with van der Waals surface area (Å²) in [6.45, 7) is 2.35. The SMILES string of the molecule is CCCN(CCO)C(=O)C(=O)c1cnn(-c2ccccc2)c1. The first-order valence-electron chi connectivity index (χ1n) is 7.22. The number of Topliss-reactive ketones (excluding diaryl/α,β-unsaturated/α-hetero) is 1. The number of carbonyl (C=O) groups is 2. The average molecular weight is 301 g/mol. The molecule has 6 heteroatoms. The highest BCUT2D eigenvalue weighted by atomic mass is 16.3. The minimum absolute atomic E-state index is 0.158. The number of nitrogens with zero attached hydrogens (tertiary/aromatic N) is 3. The fraction of sp³-hybridized carbons (Fsp3) is 0.312. The third-order valence-electron chi connectivity index (χ3n) is 3.21. The molecule has 0 aliphatic rings. The van der Waals surface area contributed by atoms with Crippen molar-refractivity contribution in [2.75, 3.05) is 19.7 Å². The van der Waals surface area contributed by atoms with E-state index in [1.807, 2.05) is 37.3 Å². The Morgan fingerprint density at radius 2 is 1.95 bits per heavy atom. The van der Waals surface area contributed by atoms with E-state index in [0.29, 0.717) is 6.54 Å². The summed E-state index contributed by atoms with van der Waals surface area (Å²) >= 11 is 0. The van der Waals surface area contributed by atoms with Crippen molar-refractivity contribution in [2.24, 2.45) is 0 Å². The standard InChI is InChI=1S/C16H19N3O3/c1-2-8-18(9-10-20)16(22)15(21)13-11-17-19(12-13)14-6-4-3-5-7-14/h3-7,11-12,20H,2,8-10H2,1H3. The molecule has 0 spiro atoms. The molecule has 1 N–H and O–H groups in total. The Balaban J connectivity index is 2.16. The number of hydrogen-bond acceptors (Lipinski definition) is 4. The second-order valence-corrected chi connectivity index (χ2v) is 4.85. The number of aromatic nitrogens is 2. The van der Waals surface area contributed by atoms with Gasteiger partial charge in [0.25, 0.3) is 11.7 Å². The van der Waals surface area contributed by atoms with Crippen LogP contribution in [-0.2, 0) is 4.79 Å². The van der Waals surface area contributed by atoms with Crippen LogP contribution in [0.3, 0.4) is 0 Å². The van der Waals surface area contributed by atoms with Gasteiger partial charge >= 0.3 is 0 Å². The molecule has 0 aliphatic heterocycles. The first-order chi connectivity index (χ1) is 10.7. The molecule has 1 heterocycles. The third-order valence-corrected chi connectivity index (χ3v) is 3.21. The van der Waals surface area contributed by atoms with E-state index in [4.69, 9.17) is 5.11 Å². The molecule has 0 aliphatic carbocycles. The average Bonchev–Trinajstić information content (AvgIpc) is 3.04. The molecule has 0 fully saturated rings. The minimum atomic E-state index is -0.608. The Morgan fingerprint density at radius 3 is 2.59 bits per heavy atom. The predicted molar refractivity (Wildman–Crippen MR) is 81.9 cm³/mol. The number of benzene rings is 1. The van der Waals surface area contributed by atoms with E-state index in [1.54, 1.807) is 10.9 Å². The molecule has 2 rings (SSSR count). The number of amides is 1. The molecule has 0 saturated heterocycles. The van der Waals surface area contributed by atoms with Crippen molar-refractivity contribution in [1.82, 2.24) is 14.7 Å². The van der Waals surface area contributed by atoms with Crippen molar-refractivity contribution >= 4 is 11.7 Å². The highest BCUT2D eigenvalue weighted by molar-refractivity contribution is 6.42. The van der Waals surface area contributed by atoms with Crippen molar-refractivity contribution in [3.63, 3.8) is 0 Å². The molecule has 0 unspecified atom stereocenters. The molecule has 1 amide bonds. The topological polar surface area (TPSA) is 75.4 Å². The first kappa shape index (κ1) is 15.9.